The molecule has 0 radical (unpaired) electrons. The molecule has 0 aliphatic carbocycles. The van der Waals surface area contributed by atoms with Crippen molar-refractivity contribution in [3.63, 3.8) is 0 Å². The fourth-order valence-corrected chi connectivity index (χ4v) is 2.73. The number of rotatable bonds is 3. The average molecular weight is 384 g/mol. The van der Waals surface area contributed by atoms with E-state index in [9.17, 15) is 0 Å². The first-order valence-electron chi connectivity index (χ1n) is 5.56. The second kappa shape index (κ2) is 5.75. The number of nitrogens with two attached hydrogens (primary N) is 1. The van der Waals surface area contributed by atoms with Gasteiger partial charge < -0.3 is 10.5 Å². The Morgan fingerprint density at radius 2 is 1.89 bits per heavy atom. The maximum Gasteiger partial charge on any atom is 0.139 e. The van der Waals surface area contributed by atoms with E-state index in [1.807, 2.05) is 37.3 Å². The van der Waals surface area contributed by atoms with Gasteiger partial charge in [0.1, 0.15) is 17.3 Å². The number of aryl methyl sites for hydroxylation is 1. The fraction of sp³-hybridized carbons (Fsp3) is 0.0714. The summed E-state index contributed by atoms with van der Waals surface area (Å²) in [6, 6.07) is 11.2. The van der Waals surface area contributed by atoms with Crippen molar-refractivity contribution in [2.45, 2.75) is 6.92 Å². The summed E-state index contributed by atoms with van der Waals surface area (Å²) in [6.45, 7) is 1.96. The van der Waals surface area contributed by atoms with Gasteiger partial charge in [0.15, 0.2) is 0 Å². The van der Waals surface area contributed by atoms with Crippen LogP contribution in [0.4, 0.5) is 0 Å². The summed E-state index contributed by atoms with van der Waals surface area (Å²) in [5.74, 6) is 1.27. The molecule has 0 heterocycles. The number of benzene rings is 2. The number of hydrogen-bond acceptors (Lipinski definition) is 2. The van der Waals surface area contributed by atoms with E-state index in [0.29, 0.717) is 11.3 Å². The molecule has 0 saturated heterocycles. The number of hydrogen-bond donors (Lipinski definition) is 2. The quantitative estimate of drug-likeness (QED) is 0.601. The van der Waals surface area contributed by atoms with E-state index in [0.717, 1.165) is 20.3 Å². The van der Waals surface area contributed by atoms with Gasteiger partial charge in [0.2, 0.25) is 0 Å². The van der Waals surface area contributed by atoms with Gasteiger partial charge >= 0.3 is 0 Å². The molecule has 2 aromatic rings. The number of nitrogens with one attached hydrogen (secondary N) is 1. The zero-order valence-corrected chi connectivity index (χ0v) is 13.4. The summed E-state index contributed by atoms with van der Waals surface area (Å²) in [5, 5.41) is 7.63. The van der Waals surface area contributed by atoms with Crippen LogP contribution in [0, 0.1) is 12.3 Å². The number of ether oxygens (including phenoxy) is 1. The third kappa shape index (κ3) is 3.16. The molecule has 0 saturated carbocycles. The summed E-state index contributed by atoms with van der Waals surface area (Å²) in [7, 11) is 0. The summed E-state index contributed by atoms with van der Waals surface area (Å²) >= 11 is 6.80. The Morgan fingerprint density at radius 3 is 2.53 bits per heavy atom. The lowest BCUT2D eigenvalue weighted by molar-refractivity contribution is 0.477. The first-order chi connectivity index (χ1) is 8.99. The van der Waals surface area contributed by atoms with Crippen LogP contribution in [-0.4, -0.2) is 5.84 Å². The molecule has 19 heavy (non-hydrogen) atoms. The number of halogens is 2. The molecule has 2 rings (SSSR count). The predicted molar refractivity (Wildman–Crippen MR) is 84.1 cm³/mol. The monoisotopic (exact) mass is 382 g/mol. The van der Waals surface area contributed by atoms with Crippen LogP contribution in [0.15, 0.2) is 45.3 Å². The lowest BCUT2D eigenvalue weighted by atomic mass is 10.1. The van der Waals surface area contributed by atoms with Crippen LogP contribution in [0.2, 0.25) is 0 Å². The molecule has 0 aliphatic rings. The van der Waals surface area contributed by atoms with Crippen molar-refractivity contribution in [1.29, 1.82) is 5.41 Å². The second-order valence-corrected chi connectivity index (χ2v) is 5.81. The van der Waals surface area contributed by atoms with Crippen molar-refractivity contribution in [2.75, 3.05) is 0 Å². The van der Waals surface area contributed by atoms with Gasteiger partial charge in [-0.15, -0.1) is 0 Å². The van der Waals surface area contributed by atoms with E-state index in [2.05, 4.69) is 31.9 Å². The third-order valence-electron chi connectivity index (χ3n) is 2.60. The molecule has 0 aliphatic heterocycles. The molecule has 0 amide bonds. The van der Waals surface area contributed by atoms with Gasteiger partial charge in [-0.25, -0.2) is 0 Å². The Morgan fingerprint density at radius 1 is 1.16 bits per heavy atom. The minimum Gasteiger partial charge on any atom is -0.456 e. The van der Waals surface area contributed by atoms with Crippen LogP contribution in [-0.2, 0) is 0 Å². The molecule has 0 spiro atoms. The van der Waals surface area contributed by atoms with Crippen LogP contribution in [0.3, 0.4) is 0 Å². The Balaban J connectivity index is 2.44. The van der Waals surface area contributed by atoms with Crippen molar-refractivity contribution < 1.29 is 4.74 Å². The minimum atomic E-state index is -0.0303. The Bertz CT molecular complexity index is 641. The molecule has 5 heteroatoms. The normalized spacial score (nSPS) is 10.3. The van der Waals surface area contributed by atoms with Crippen LogP contribution in [0.5, 0.6) is 11.5 Å². The molecule has 0 aromatic heterocycles. The standard InChI is InChI=1S/C14H12Br2N2O/c1-8-7-9(15)5-6-11(8)19-12-4-2-3-10(16)13(12)14(17)18/h2-7H,1H3,(H3,17,18). The van der Waals surface area contributed by atoms with Crippen LogP contribution >= 0.6 is 31.9 Å². The van der Waals surface area contributed by atoms with Crippen molar-refractivity contribution in [2.24, 2.45) is 5.73 Å². The van der Waals surface area contributed by atoms with E-state index >= 15 is 0 Å². The zero-order valence-electron chi connectivity index (χ0n) is 10.2. The number of amidine groups is 1. The molecule has 0 fully saturated rings. The van der Waals surface area contributed by atoms with E-state index < -0.39 is 0 Å². The summed E-state index contributed by atoms with van der Waals surface area (Å²) in [6.07, 6.45) is 0. The first kappa shape index (κ1) is 14.1. The predicted octanol–water partition coefficient (Wildman–Crippen LogP) is 4.60. The van der Waals surface area contributed by atoms with Gasteiger partial charge in [-0.2, -0.15) is 0 Å². The maximum absolute atomic E-state index is 7.63. The average Bonchev–Trinajstić information content (AvgIpc) is 2.32. The number of nitrogen functional groups attached to an aromatic ring is 1. The van der Waals surface area contributed by atoms with Gasteiger partial charge in [0.05, 0.1) is 5.56 Å². The molecular formula is C14H12Br2N2O. The highest BCUT2D eigenvalue weighted by atomic mass is 79.9. The zero-order chi connectivity index (χ0) is 14.0. The van der Waals surface area contributed by atoms with Gasteiger partial charge in [0.25, 0.3) is 0 Å². The highest BCUT2D eigenvalue weighted by Crippen LogP contribution is 2.32. The van der Waals surface area contributed by atoms with Crippen LogP contribution in [0.25, 0.3) is 0 Å². The van der Waals surface area contributed by atoms with E-state index in [-0.39, 0.29) is 5.84 Å². The third-order valence-corrected chi connectivity index (χ3v) is 3.76. The van der Waals surface area contributed by atoms with Crippen molar-refractivity contribution in [3.05, 3.63) is 56.5 Å². The molecule has 3 nitrogen and oxygen atoms in total. The molecule has 98 valence electrons. The molecule has 0 bridgehead atoms. The highest BCUT2D eigenvalue weighted by Gasteiger charge is 2.12. The first-order valence-corrected chi connectivity index (χ1v) is 7.14. The van der Waals surface area contributed by atoms with Crippen molar-refractivity contribution in [3.8, 4) is 11.5 Å². The fourth-order valence-electron chi connectivity index (χ4n) is 1.70. The lowest BCUT2D eigenvalue weighted by Gasteiger charge is -2.13. The lowest BCUT2D eigenvalue weighted by Crippen LogP contribution is -2.13. The smallest absolute Gasteiger partial charge is 0.139 e. The molecule has 0 atom stereocenters. The Labute approximate surface area is 128 Å². The highest BCUT2D eigenvalue weighted by molar-refractivity contribution is 9.10. The van der Waals surface area contributed by atoms with Crippen molar-refractivity contribution >= 4 is 37.7 Å². The minimum absolute atomic E-state index is 0.0303. The summed E-state index contributed by atoms with van der Waals surface area (Å²) in [5.41, 5.74) is 7.16. The Kier molecular flexibility index (Phi) is 4.27. The molecular weight excluding hydrogens is 372 g/mol. The molecule has 3 N–H and O–H groups in total. The van der Waals surface area contributed by atoms with Gasteiger partial charge in [-0.1, -0.05) is 22.0 Å². The topological polar surface area (TPSA) is 59.1 Å². The molecule has 0 unspecified atom stereocenters. The van der Waals surface area contributed by atoms with Gasteiger partial charge in [-0.3, -0.25) is 5.41 Å². The van der Waals surface area contributed by atoms with Gasteiger partial charge in [0, 0.05) is 8.95 Å². The Hall–Kier alpha value is -1.33. The van der Waals surface area contributed by atoms with Crippen molar-refractivity contribution in [1.82, 2.24) is 0 Å². The maximum atomic E-state index is 7.63. The van der Waals surface area contributed by atoms with E-state index in [1.165, 1.54) is 0 Å². The van der Waals surface area contributed by atoms with Crippen LogP contribution < -0.4 is 10.5 Å². The summed E-state index contributed by atoms with van der Waals surface area (Å²) < 4.78 is 7.61. The van der Waals surface area contributed by atoms with Gasteiger partial charge in [-0.05, 0) is 58.7 Å². The summed E-state index contributed by atoms with van der Waals surface area (Å²) in [4.78, 5) is 0. The van der Waals surface area contributed by atoms with E-state index in [1.54, 1.807) is 6.07 Å². The second-order valence-electron chi connectivity index (χ2n) is 4.04. The molecule has 2 aromatic carbocycles. The van der Waals surface area contributed by atoms with E-state index in [4.69, 9.17) is 15.9 Å². The van der Waals surface area contributed by atoms with Crippen LogP contribution in [0.1, 0.15) is 11.1 Å². The largest absolute Gasteiger partial charge is 0.456 e. The SMILES string of the molecule is Cc1cc(Br)ccc1Oc1cccc(Br)c1C(=N)N.